The van der Waals surface area contributed by atoms with Gasteiger partial charge in [0.2, 0.25) is 5.95 Å². The van der Waals surface area contributed by atoms with Gasteiger partial charge in [0.1, 0.15) is 5.82 Å². The summed E-state index contributed by atoms with van der Waals surface area (Å²) in [7, 11) is 0. The number of allylic oxidation sites excluding steroid dienone is 1. The van der Waals surface area contributed by atoms with E-state index in [1.165, 1.54) is 28.8 Å². The van der Waals surface area contributed by atoms with Crippen molar-refractivity contribution in [2.75, 3.05) is 0 Å². The molecular formula is C29H18ClF4N7O2. The minimum atomic E-state index is -4.68. The van der Waals surface area contributed by atoms with Crippen molar-refractivity contribution < 1.29 is 22.1 Å². The van der Waals surface area contributed by atoms with Crippen molar-refractivity contribution in [2.45, 2.75) is 37.9 Å². The van der Waals surface area contributed by atoms with Gasteiger partial charge in [-0.2, -0.15) is 17.6 Å². The molecule has 2 aromatic carbocycles. The van der Waals surface area contributed by atoms with Crippen molar-refractivity contribution in [3.8, 4) is 16.9 Å². The lowest BCUT2D eigenvalue weighted by atomic mass is 9.96. The standard InChI is InChI=1S/C29H18ClF4N7O2/c1-12-15-4-2-13(6-23(15)43-38-12)20-9-19(27(31)35-20)26-16-8-17(16)28-36-21(10-25(42)41(26)28)18-7-14(30)3-5-22(18)40-11-24(37-39-40)29(32,33)34/h2-7,10-11,16-17,26H,8-9H2,1H3. The summed E-state index contributed by atoms with van der Waals surface area (Å²) in [6.45, 7) is 1.84. The molecule has 43 heavy (non-hydrogen) atoms. The van der Waals surface area contributed by atoms with Crippen LogP contribution in [0.2, 0.25) is 5.02 Å². The molecule has 1 aliphatic carbocycles. The molecule has 3 unspecified atom stereocenters. The highest BCUT2D eigenvalue weighted by molar-refractivity contribution is 6.31. The highest BCUT2D eigenvalue weighted by Gasteiger charge is 2.56. The largest absolute Gasteiger partial charge is 0.436 e. The summed E-state index contributed by atoms with van der Waals surface area (Å²) in [6, 6.07) is 10.7. The lowest BCUT2D eigenvalue weighted by molar-refractivity contribution is -0.141. The Hall–Kier alpha value is -4.65. The highest BCUT2D eigenvalue weighted by Crippen LogP contribution is 2.61. The number of hydrogen-bond acceptors (Lipinski definition) is 7. The molecule has 8 rings (SSSR count). The van der Waals surface area contributed by atoms with Gasteiger partial charge in [0.05, 0.1) is 35.0 Å². The number of benzene rings is 2. The first-order chi connectivity index (χ1) is 20.6. The third-order valence-corrected chi connectivity index (χ3v) is 8.53. The molecule has 5 aromatic rings. The molecule has 3 aliphatic rings. The van der Waals surface area contributed by atoms with Crippen LogP contribution in [0.1, 0.15) is 47.6 Å². The van der Waals surface area contributed by atoms with Crippen LogP contribution in [0.25, 0.3) is 27.9 Å². The molecule has 0 bridgehead atoms. The maximum Gasteiger partial charge on any atom is 0.436 e. The van der Waals surface area contributed by atoms with Gasteiger partial charge < -0.3 is 4.52 Å². The first kappa shape index (κ1) is 26.0. The molecule has 5 heterocycles. The van der Waals surface area contributed by atoms with E-state index in [0.717, 1.165) is 28.4 Å². The monoisotopic (exact) mass is 607 g/mol. The Morgan fingerprint density at radius 1 is 1.12 bits per heavy atom. The molecule has 0 spiro atoms. The molecule has 3 aromatic heterocycles. The predicted molar refractivity (Wildman–Crippen MR) is 147 cm³/mol. The van der Waals surface area contributed by atoms with Crippen LogP contribution in [-0.4, -0.2) is 35.4 Å². The Balaban J connectivity index is 1.15. The summed E-state index contributed by atoms with van der Waals surface area (Å²) < 4.78 is 62.9. The molecule has 3 atom stereocenters. The SMILES string of the molecule is Cc1noc2cc(C3=NC(F)=C(C4C5CC5c5nc(-c6cc(Cl)ccc6-n6cc(C(F)(F)F)nn6)cc(=O)n54)C3)ccc12. The molecule has 0 amide bonds. The quantitative estimate of drug-likeness (QED) is 0.174. The van der Waals surface area contributed by atoms with Crippen molar-refractivity contribution >= 4 is 28.3 Å². The van der Waals surface area contributed by atoms with Crippen LogP contribution < -0.4 is 5.56 Å². The van der Waals surface area contributed by atoms with Crippen molar-refractivity contribution in [2.24, 2.45) is 10.9 Å². The maximum absolute atomic E-state index is 15.4. The molecule has 14 heteroatoms. The van der Waals surface area contributed by atoms with Gasteiger partial charge in [-0.25, -0.2) is 14.7 Å². The fourth-order valence-corrected chi connectivity index (χ4v) is 6.37. The minimum Gasteiger partial charge on any atom is -0.356 e. The Bertz CT molecular complexity index is 2130. The van der Waals surface area contributed by atoms with Gasteiger partial charge in [-0.15, -0.1) is 5.10 Å². The van der Waals surface area contributed by atoms with Gasteiger partial charge in [-0.1, -0.05) is 28.0 Å². The number of rotatable bonds is 4. The zero-order valence-corrected chi connectivity index (χ0v) is 22.9. The number of alkyl halides is 3. The third-order valence-electron chi connectivity index (χ3n) is 8.30. The van der Waals surface area contributed by atoms with Crippen LogP contribution in [0.4, 0.5) is 17.6 Å². The average Bonchev–Trinajstić information content (AvgIpc) is 3.30. The van der Waals surface area contributed by atoms with Gasteiger partial charge in [-0.3, -0.25) is 9.36 Å². The lowest BCUT2D eigenvalue weighted by Crippen LogP contribution is -2.27. The molecule has 0 radical (unpaired) electrons. The maximum atomic E-state index is 15.4. The van der Waals surface area contributed by atoms with E-state index in [-0.39, 0.29) is 29.6 Å². The van der Waals surface area contributed by atoms with Crippen LogP contribution in [-0.2, 0) is 6.18 Å². The zero-order chi connectivity index (χ0) is 29.8. The summed E-state index contributed by atoms with van der Waals surface area (Å²) in [6.07, 6.45) is -2.98. The Morgan fingerprint density at radius 3 is 2.74 bits per heavy atom. The van der Waals surface area contributed by atoms with Crippen LogP contribution in [0.5, 0.6) is 0 Å². The fourth-order valence-electron chi connectivity index (χ4n) is 6.20. The van der Waals surface area contributed by atoms with Crippen LogP contribution >= 0.6 is 11.6 Å². The van der Waals surface area contributed by atoms with Gasteiger partial charge in [0.15, 0.2) is 11.3 Å². The van der Waals surface area contributed by atoms with Gasteiger partial charge >= 0.3 is 6.18 Å². The van der Waals surface area contributed by atoms with Crippen molar-refractivity contribution in [1.82, 2.24) is 29.7 Å². The van der Waals surface area contributed by atoms with E-state index in [4.69, 9.17) is 21.1 Å². The third kappa shape index (κ3) is 4.05. The summed E-state index contributed by atoms with van der Waals surface area (Å²) >= 11 is 6.24. The first-order valence-corrected chi connectivity index (χ1v) is 13.7. The van der Waals surface area contributed by atoms with E-state index in [1.807, 2.05) is 19.1 Å². The van der Waals surface area contributed by atoms with Gasteiger partial charge in [-0.05, 0) is 49.6 Å². The number of aryl methyl sites for hydroxylation is 1. The Kier molecular flexibility index (Phi) is 5.40. The first-order valence-electron chi connectivity index (χ1n) is 13.3. The molecule has 0 saturated heterocycles. The van der Waals surface area contributed by atoms with Crippen molar-refractivity contribution in [1.29, 1.82) is 0 Å². The Morgan fingerprint density at radius 2 is 1.95 bits per heavy atom. The van der Waals surface area contributed by atoms with Crippen LogP contribution in [0.3, 0.4) is 0 Å². The van der Waals surface area contributed by atoms with E-state index >= 15 is 4.39 Å². The molecule has 2 aliphatic heterocycles. The van der Waals surface area contributed by atoms with E-state index in [9.17, 15) is 18.0 Å². The molecule has 9 nitrogen and oxygen atoms in total. The van der Waals surface area contributed by atoms with Crippen molar-refractivity contribution in [3.63, 3.8) is 0 Å². The predicted octanol–water partition coefficient (Wildman–Crippen LogP) is 6.35. The lowest BCUT2D eigenvalue weighted by Gasteiger charge is -2.20. The summed E-state index contributed by atoms with van der Waals surface area (Å²) in [5.74, 6) is -0.215. The summed E-state index contributed by atoms with van der Waals surface area (Å²) in [5.41, 5.74) is 2.15. The number of fused-ring (bicyclic) bond motifs is 4. The van der Waals surface area contributed by atoms with E-state index in [1.54, 1.807) is 6.07 Å². The smallest absolute Gasteiger partial charge is 0.356 e. The Labute approximate surface area is 244 Å². The second-order valence-corrected chi connectivity index (χ2v) is 11.3. The van der Waals surface area contributed by atoms with Crippen LogP contribution in [0.15, 0.2) is 74.5 Å². The summed E-state index contributed by atoms with van der Waals surface area (Å²) in [5, 5.41) is 12.0. The number of halogens is 5. The topological polar surface area (TPSA) is 104 Å². The van der Waals surface area contributed by atoms with E-state index in [0.29, 0.717) is 38.8 Å². The zero-order valence-electron chi connectivity index (χ0n) is 22.1. The number of aromatic nitrogens is 6. The average molecular weight is 608 g/mol. The molecule has 1 fully saturated rings. The normalized spacial score (nSPS) is 21.0. The number of hydrogen-bond donors (Lipinski definition) is 0. The minimum absolute atomic E-state index is 0.0198. The second kappa shape index (κ2) is 8.93. The molecular weight excluding hydrogens is 590 g/mol. The second-order valence-electron chi connectivity index (χ2n) is 10.9. The van der Waals surface area contributed by atoms with E-state index < -0.39 is 29.4 Å². The number of nitrogens with zero attached hydrogens (tertiary/aromatic N) is 7. The van der Waals surface area contributed by atoms with Gasteiger partial charge in [0, 0.05) is 45.5 Å². The molecule has 0 N–H and O–H groups in total. The summed E-state index contributed by atoms with van der Waals surface area (Å²) in [4.78, 5) is 22.6. The molecule has 1 saturated carbocycles. The van der Waals surface area contributed by atoms with Crippen LogP contribution in [0, 0.1) is 12.8 Å². The number of aliphatic imine (C=N–C) groups is 1. The van der Waals surface area contributed by atoms with Crippen molar-refractivity contribution in [3.05, 3.63) is 98.3 Å². The van der Waals surface area contributed by atoms with E-state index in [2.05, 4.69) is 20.5 Å². The highest BCUT2D eigenvalue weighted by atomic mass is 35.5. The fraction of sp³-hybridized carbons (Fsp3) is 0.241. The van der Waals surface area contributed by atoms with Gasteiger partial charge in [0.25, 0.3) is 5.56 Å². The molecule has 216 valence electrons.